The second-order valence-corrected chi connectivity index (χ2v) is 5.70. The minimum absolute atomic E-state index is 0.0231. The quantitative estimate of drug-likeness (QED) is 0.665. The van der Waals surface area contributed by atoms with Gasteiger partial charge in [-0.3, -0.25) is 0 Å². The Morgan fingerprint density at radius 3 is 2.28 bits per heavy atom. The molecule has 0 aliphatic heterocycles. The number of alkyl halides is 3. The zero-order valence-electron chi connectivity index (χ0n) is 13.0. The van der Waals surface area contributed by atoms with Gasteiger partial charge >= 0.3 is 6.18 Å². The Hall–Kier alpha value is -2.67. The van der Waals surface area contributed by atoms with Crippen molar-refractivity contribution in [3.63, 3.8) is 0 Å². The number of nitrogens with two attached hydrogens (primary N) is 1. The third-order valence-electron chi connectivity index (χ3n) is 3.46. The molecule has 128 valence electrons. The molecule has 8 heteroatoms. The van der Waals surface area contributed by atoms with Crippen LogP contribution in [0.1, 0.15) is 11.4 Å². The number of anilines is 1. The topological polar surface area (TPSA) is 64.7 Å². The molecule has 0 fully saturated rings. The molecule has 2 N–H and O–H groups in total. The molecule has 0 spiro atoms. The van der Waals surface area contributed by atoms with E-state index in [-0.39, 0.29) is 27.9 Å². The van der Waals surface area contributed by atoms with E-state index in [1.54, 1.807) is 24.3 Å². The molecule has 0 saturated heterocycles. The van der Waals surface area contributed by atoms with Crippen LogP contribution >= 0.6 is 11.6 Å². The molecule has 0 bridgehead atoms. The van der Waals surface area contributed by atoms with Gasteiger partial charge in [0, 0.05) is 16.8 Å². The van der Waals surface area contributed by atoms with Gasteiger partial charge in [0.1, 0.15) is 10.8 Å². The van der Waals surface area contributed by atoms with E-state index in [4.69, 9.17) is 17.3 Å². The lowest BCUT2D eigenvalue weighted by Crippen LogP contribution is -2.09. The maximum atomic E-state index is 13.1. The molecule has 25 heavy (non-hydrogen) atoms. The summed E-state index contributed by atoms with van der Waals surface area (Å²) >= 11 is 6.21. The Balaban J connectivity index is 2.30. The summed E-state index contributed by atoms with van der Waals surface area (Å²) in [6, 6.07) is 11.3. The van der Waals surface area contributed by atoms with Crippen molar-refractivity contribution in [2.75, 3.05) is 5.73 Å². The highest BCUT2D eigenvalue weighted by Gasteiger charge is 2.33. The number of rotatable bonds is 2. The van der Waals surface area contributed by atoms with Gasteiger partial charge in [-0.2, -0.15) is 13.2 Å². The van der Waals surface area contributed by atoms with Gasteiger partial charge in [0.25, 0.3) is 0 Å². The van der Waals surface area contributed by atoms with Crippen LogP contribution < -0.4 is 5.73 Å². The molecule has 3 aromatic rings. The SMILES string of the molecule is Cc1cc(-c2c(Cl)nc(N)nc2-c2ccccc2)cc(C(F)(F)F)n1. The molecule has 4 nitrogen and oxygen atoms in total. The summed E-state index contributed by atoms with van der Waals surface area (Å²) in [5.41, 5.74) is 6.40. The van der Waals surface area contributed by atoms with E-state index in [0.29, 0.717) is 11.3 Å². The van der Waals surface area contributed by atoms with Crippen LogP contribution in [0.4, 0.5) is 19.1 Å². The van der Waals surface area contributed by atoms with E-state index < -0.39 is 11.9 Å². The second-order valence-electron chi connectivity index (χ2n) is 5.34. The van der Waals surface area contributed by atoms with Gasteiger partial charge in [-0.25, -0.2) is 15.0 Å². The normalized spacial score (nSPS) is 11.6. The number of nitrogen functional groups attached to an aromatic ring is 1. The third-order valence-corrected chi connectivity index (χ3v) is 3.74. The summed E-state index contributed by atoms with van der Waals surface area (Å²) in [7, 11) is 0. The molecule has 0 aliphatic carbocycles. The second kappa shape index (κ2) is 6.33. The number of benzene rings is 1. The summed E-state index contributed by atoms with van der Waals surface area (Å²) in [6.45, 7) is 1.48. The molecule has 0 amide bonds. The fourth-order valence-corrected chi connectivity index (χ4v) is 2.75. The molecule has 0 radical (unpaired) electrons. The van der Waals surface area contributed by atoms with Crippen molar-refractivity contribution in [2.24, 2.45) is 0 Å². The number of aryl methyl sites for hydroxylation is 1. The fraction of sp³-hybridized carbons (Fsp3) is 0.118. The van der Waals surface area contributed by atoms with E-state index in [9.17, 15) is 13.2 Å². The molecule has 0 unspecified atom stereocenters. The lowest BCUT2D eigenvalue weighted by molar-refractivity contribution is -0.141. The number of aromatic nitrogens is 3. The van der Waals surface area contributed by atoms with Crippen LogP contribution in [0.3, 0.4) is 0 Å². The van der Waals surface area contributed by atoms with Gasteiger partial charge < -0.3 is 5.73 Å². The van der Waals surface area contributed by atoms with E-state index in [1.165, 1.54) is 13.0 Å². The minimum atomic E-state index is -4.57. The zero-order valence-corrected chi connectivity index (χ0v) is 13.7. The Bertz CT molecular complexity index is 927. The van der Waals surface area contributed by atoms with E-state index in [0.717, 1.165) is 6.07 Å². The lowest BCUT2D eigenvalue weighted by Gasteiger charge is -2.14. The summed E-state index contributed by atoms with van der Waals surface area (Å²) in [6.07, 6.45) is -4.57. The Morgan fingerprint density at radius 2 is 1.64 bits per heavy atom. The first-order valence-electron chi connectivity index (χ1n) is 7.20. The molecule has 2 aromatic heterocycles. The van der Waals surface area contributed by atoms with Gasteiger partial charge in [-0.05, 0) is 24.6 Å². The standard InChI is InChI=1S/C17H12ClF3N4/c1-9-7-11(8-12(23-9)17(19,20)21)13-14(10-5-3-2-4-6-10)24-16(22)25-15(13)18/h2-8H,1H3,(H2,22,24,25). The average molecular weight is 365 g/mol. The Labute approximate surface area is 146 Å². The average Bonchev–Trinajstić information content (AvgIpc) is 2.53. The highest BCUT2D eigenvalue weighted by atomic mass is 35.5. The van der Waals surface area contributed by atoms with Crippen LogP contribution in [0.2, 0.25) is 5.15 Å². The van der Waals surface area contributed by atoms with Gasteiger partial charge in [0.15, 0.2) is 0 Å². The zero-order chi connectivity index (χ0) is 18.2. The van der Waals surface area contributed by atoms with Crippen molar-refractivity contribution < 1.29 is 13.2 Å². The largest absolute Gasteiger partial charge is 0.433 e. The molecule has 1 aromatic carbocycles. The number of halogens is 4. The smallest absolute Gasteiger partial charge is 0.368 e. The Kier molecular flexibility index (Phi) is 4.34. The molecule has 2 heterocycles. The number of hydrogen-bond donors (Lipinski definition) is 1. The molecular weight excluding hydrogens is 353 g/mol. The van der Waals surface area contributed by atoms with E-state index in [2.05, 4.69) is 15.0 Å². The Morgan fingerprint density at radius 1 is 0.960 bits per heavy atom. The van der Waals surface area contributed by atoms with Crippen molar-refractivity contribution >= 4 is 17.5 Å². The predicted molar refractivity (Wildman–Crippen MR) is 89.9 cm³/mol. The van der Waals surface area contributed by atoms with E-state index in [1.807, 2.05) is 6.07 Å². The monoisotopic (exact) mass is 364 g/mol. The molecular formula is C17H12ClF3N4. The molecule has 0 aliphatic rings. The van der Waals surface area contributed by atoms with Crippen LogP contribution in [-0.2, 0) is 6.18 Å². The van der Waals surface area contributed by atoms with Gasteiger partial charge in [-0.15, -0.1) is 0 Å². The van der Waals surface area contributed by atoms with Gasteiger partial charge in [-0.1, -0.05) is 41.9 Å². The first-order valence-corrected chi connectivity index (χ1v) is 7.58. The number of pyridine rings is 1. The molecule has 0 atom stereocenters. The summed E-state index contributed by atoms with van der Waals surface area (Å²) in [5, 5.41) is -0.0231. The third kappa shape index (κ3) is 3.56. The van der Waals surface area contributed by atoms with Gasteiger partial charge in [0.2, 0.25) is 5.95 Å². The van der Waals surface area contributed by atoms with Crippen LogP contribution in [0.15, 0.2) is 42.5 Å². The molecule has 3 rings (SSSR count). The first kappa shape index (κ1) is 17.2. The summed E-state index contributed by atoms with van der Waals surface area (Å²) in [5.74, 6) is -0.0607. The molecule has 0 saturated carbocycles. The maximum absolute atomic E-state index is 13.1. The predicted octanol–water partition coefficient (Wildman–Crippen LogP) is 4.77. The fourth-order valence-electron chi connectivity index (χ4n) is 2.47. The van der Waals surface area contributed by atoms with Gasteiger partial charge in [0.05, 0.1) is 5.69 Å². The summed E-state index contributed by atoms with van der Waals surface area (Å²) < 4.78 is 39.3. The van der Waals surface area contributed by atoms with Crippen LogP contribution in [0.25, 0.3) is 22.4 Å². The van der Waals surface area contributed by atoms with Crippen molar-refractivity contribution in [1.82, 2.24) is 15.0 Å². The maximum Gasteiger partial charge on any atom is 0.433 e. The lowest BCUT2D eigenvalue weighted by atomic mass is 10.00. The van der Waals surface area contributed by atoms with E-state index >= 15 is 0 Å². The van der Waals surface area contributed by atoms with Crippen LogP contribution in [0, 0.1) is 6.92 Å². The van der Waals surface area contributed by atoms with Crippen molar-refractivity contribution in [3.8, 4) is 22.4 Å². The van der Waals surface area contributed by atoms with Crippen LogP contribution in [-0.4, -0.2) is 15.0 Å². The highest BCUT2D eigenvalue weighted by molar-refractivity contribution is 6.32. The number of nitrogens with zero attached hydrogens (tertiary/aromatic N) is 3. The van der Waals surface area contributed by atoms with Crippen molar-refractivity contribution in [1.29, 1.82) is 0 Å². The van der Waals surface area contributed by atoms with Crippen LogP contribution in [0.5, 0.6) is 0 Å². The summed E-state index contributed by atoms with van der Waals surface area (Å²) in [4.78, 5) is 11.6. The minimum Gasteiger partial charge on any atom is -0.368 e. The first-order chi connectivity index (χ1) is 11.8. The highest BCUT2D eigenvalue weighted by Crippen LogP contribution is 2.38. The van der Waals surface area contributed by atoms with Crippen molar-refractivity contribution in [3.05, 3.63) is 59.0 Å². The van der Waals surface area contributed by atoms with Crippen molar-refractivity contribution in [2.45, 2.75) is 13.1 Å². The number of hydrogen-bond acceptors (Lipinski definition) is 4.